The lowest BCUT2D eigenvalue weighted by Crippen LogP contribution is -2.43. The molecule has 0 spiro atoms. The van der Waals surface area contributed by atoms with E-state index in [0.717, 1.165) is 5.56 Å². The summed E-state index contributed by atoms with van der Waals surface area (Å²) in [5.74, 6) is -0.854. The third kappa shape index (κ3) is 4.79. The number of alkyl halides is 3. The van der Waals surface area contributed by atoms with Crippen molar-refractivity contribution in [1.82, 2.24) is 4.90 Å². The van der Waals surface area contributed by atoms with E-state index in [1.54, 1.807) is 0 Å². The van der Waals surface area contributed by atoms with Crippen molar-refractivity contribution in [3.63, 3.8) is 0 Å². The number of rotatable bonds is 4. The van der Waals surface area contributed by atoms with Crippen molar-refractivity contribution in [2.45, 2.75) is 25.6 Å². The zero-order chi connectivity index (χ0) is 14.6. The molecule has 7 heteroatoms. The average molecular weight is 307 g/mol. The maximum Gasteiger partial charge on any atom is 0.401 e. The summed E-state index contributed by atoms with van der Waals surface area (Å²) in [6, 6.07) is 1.86. The molecule has 1 aromatic heterocycles. The van der Waals surface area contributed by atoms with Gasteiger partial charge in [0.25, 0.3) is 0 Å². The van der Waals surface area contributed by atoms with E-state index < -0.39 is 24.6 Å². The number of piperidine rings is 1. The molecule has 2 rings (SSSR count). The van der Waals surface area contributed by atoms with Gasteiger partial charge in [-0.05, 0) is 36.2 Å². The molecule has 20 heavy (non-hydrogen) atoms. The monoisotopic (exact) mass is 307 g/mol. The lowest BCUT2D eigenvalue weighted by atomic mass is 9.98. The molecule has 0 amide bonds. The van der Waals surface area contributed by atoms with Crippen molar-refractivity contribution in [2.24, 2.45) is 5.92 Å². The Kier molecular flexibility index (Phi) is 5.04. The number of thiophene rings is 1. The van der Waals surface area contributed by atoms with Gasteiger partial charge in [-0.15, -0.1) is 0 Å². The van der Waals surface area contributed by atoms with Gasteiger partial charge in [-0.25, -0.2) is 0 Å². The topological polar surface area (TPSA) is 29.5 Å². The van der Waals surface area contributed by atoms with Crippen LogP contribution in [-0.2, 0) is 16.1 Å². The summed E-state index contributed by atoms with van der Waals surface area (Å²) < 4.78 is 42.2. The number of nitrogens with zero attached hydrogens (tertiary/aromatic N) is 1. The number of carbonyl (C=O) groups is 1. The quantitative estimate of drug-likeness (QED) is 0.801. The van der Waals surface area contributed by atoms with Crippen LogP contribution in [-0.4, -0.2) is 36.7 Å². The molecule has 0 aliphatic carbocycles. The normalized spacial score (nSPS) is 20.9. The maximum absolute atomic E-state index is 12.3. The summed E-state index contributed by atoms with van der Waals surface area (Å²) in [7, 11) is 0. The van der Waals surface area contributed by atoms with Gasteiger partial charge in [-0.3, -0.25) is 9.69 Å². The zero-order valence-electron chi connectivity index (χ0n) is 10.9. The van der Waals surface area contributed by atoms with Gasteiger partial charge in [0.2, 0.25) is 0 Å². The third-order valence-corrected chi connectivity index (χ3v) is 3.93. The summed E-state index contributed by atoms with van der Waals surface area (Å²) in [6.07, 6.45) is -3.03. The molecule has 1 unspecified atom stereocenters. The Labute approximate surface area is 119 Å². The predicted octanol–water partition coefficient (Wildman–Crippen LogP) is 3.07. The maximum atomic E-state index is 12.3. The van der Waals surface area contributed by atoms with Gasteiger partial charge in [0, 0.05) is 12.1 Å². The molecular weight excluding hydrogens is 291 g/mol. The van der Waals surface area contributed by atoms with E-state index in [0.29, 0.717) is 19.4 Å². The second-order valence-corrected chi connectivity index (χ2v) is 5.71. The second-order valence-electron chi connectivity index (χ2n) is 4.93. The molecule has 2 heterocycles. The smallest absolute Gasteiger partial charge is 0.401 e. The predicted molar refractivity (Wildman–Crippen MR) is 69.3 cm³/mol. The lowest BCUT2D eigenvalue weighted by molar-refractivity contribution is -0.161. The lowest BCUT2D eigenvalue weighted by Gasteiger charge is -2.31. The highest BCUT2D eigenvalue weighted by molar-refractivity contribution is 7.07. The Hall–Kier alpha value is -1.08. The van der Waals surface area contributed by atoms with Crippen LogP contribution in [0.5, 0.6) is 0 Å². The highest BCUT2D eigenvalue weighted by Crippen LogP contribution is 2.23. The van der Waals surface area contributed by atoms with E-state index in [9.17, 15) is 18.0 Å². The fourth-order valence-electron chi connectivity index (χ4n) is 2.29. The summed E-state index contributed by atoms with van der Waals surface area (Å²) >= 11 is 1.51. The molecule has 0 aromatic carbocycles. The molecule has 0 N–H and O–H groups in total. The van der Waals surface area contributed by atoms with E-state index >= 15 is 0 Å². The first-order valence-electron chi connectivity index (χ1n) is 6.41. The van der Waals surface area contributed by atoms with E-state index in [2.05, 4.69) is 0 Å². The number of esters is 1. The van der Waals surface area contributed by atoms with Crippen molar-refractivity contribution < 1.29 is 22.7 Å². The Bertz CT molecular complexity index is 433. The van der Waals surface area contributed by atoms with Gasteiger partial charge in [0.05, 0.1) is 12.5 Å². The van der Waals surface area contributed by atoms with Gasteiger partial charge in [-0.1, -0.05) is 0 Å². The minimum absolute atomic E-state index is 0.127. The Morgan fingerprint density at radius 3 is 2.95 bits per heavy atom. The van der Waals surface area contributed by atoms with Gasteiger partial charge in [0.15, 0.2) is 0 Å². The van der Waals surface area contributed by atoms with Gasteiger partial charge >= 0.3 is 12.1 Å². The first-order valence-corrected chi connectivity index (χ1v) is 7.35. The van der Waals surface area contributed by atoms with E-state index in [-0.39, 0.29) is 13.2 Å². The number of halogens is 3. The van der Waals surface area contributed by atoms with Crippen molar-refractivity contribution in [3.8, 4) is 0 Å². The zero-order valence-corrected chi connectivity index (χ0v) is 11.7. The molecule has 0 bridgehead atoms. The number of hydrogen-bond acceptors (Lipinski definition) is 4. The number of hydrogen-bond donors (Lipinski definition) is 0. The molecule has 3 nitrogen and oxygen atoms in total. The van der Waals surface area contributed by atoms with Crippen LogP contribution < -0.4 is 0 Å². The van der Waals surface area contributed by atoms with Crippen molar-refractivity contribution in [3.05, 3.63) is 22.4 Å². The van der Waals surface area contributed by atoms with Crippen LogP contribution >= 0.6 is 11.3 Å². The summed E-state index contributed by atoms with van der Waals surface area (Å²) in [5.41, 5.74) is 0.909. The van der Waals surface area contributed by atoms with Crippen LogP contribution in [0.1, 0.15) is 18.4 Å². The largest absolute Gasteiger partial charge is 0.461 e. The van der Waals surface area contributed by atoms with E-state index in [1.165, 1.54) is 16.2 Å². The summed E-state index contributed by atoms with van der Waals surface area (Å²) in [5, 5.41) is 3.76. The first kappa shape index (κ1) is 15.3. The highest BCUT2D eigenvalue weighted by Gasteiger charge is 2.35. The van der Waals surface area contributed by atoms with Crippen LogP contribution in [0.3, 0.4) is 0 Å². The van der Waals surface area contributed by atoms with E-state index in [1.807, 2.05) is 16.8 Å². The molecule has 1 aliphatic rings. The van der Waals surface area contributed by atoms with Crippen molar-refractivity contribution in [2.75, 3.05) is 19.6 Å². The molecule has 1 aliphatic heterocycles. The van der Waals surface area contributed by atoms with Crippen LogP contribution in [0.15, 0.2) is 16.8 Å². The molecule has 1 fully saturated rings. The van der Waals surface area contributed by atoms with Gasteiger partial charge < -0.3 is 4.74 Å². The number of likely N-dealkylation sites (tertiary alicyclic amines) is 1. The van der Waals surface area contributed by atoms with Crippen LogP contribution in [0, 0.1) is 5.92 Å². The first-order chi connectivity index (χ1) is 9.44. The van der Waals surface area contributed by atoms with E-state index in [4.69, 9.17) is 4.74 Å². The average Bonchev–Trinajstić information content (AvgIpc) is 2.87. The minimum atomic E-state index is -4.22. The standard InChI is InChI=1S/C13H16F3NO2S/c14-13(15,16)9-17-4-1-2-11(6-17)12(18)19-7-10-3-5-20-8-10/h3,5,8,11H,1-2,4,6-7,9H2. The van der Waals surface area contributed by atoms with Crippen LogP contribution in [0.25, 0.3) is 0 Å². The molecular formula is C13H16F3NO2S. The molecule has 0 radical (unpaired) electrons. The van der Waals surface area contributed by atoms with Gasteiger partial charge in [0.1, 0.15) is 6.61 Å². The Morgan fingerprint density at radius 1 is 1.50 bits per heavy atom. The number of ether oxygens (including phenoxy) is 1. The van der Waals surface area contributed by atoms with Crippen LogP contribution in [0.4, 0.5) is 13.2 Å². The molecule has 1 aromatic rings. The Balaban J connectivity index is 1.80. The molecule has 1 saturated heterocycles. The highest BCUT2D eigenvalue weighted by atomic mass is 32.1. The minimum Gasteiger partial charge on any atom is -0.461 e. The fourth-order valence-corrected chi connectivity index (χ4v) is 2.95. The summed E-state index contributed by atoms with van der Waals surface area (Å²) in [6.45, 7) is -0.255. The SMILES string of the molecule is O=C(OCc1ccsc1)C1CCCN(CC(F)(F)F)C1. The Morgan fingerprint density at radius 2 is 2.30 bits per heavy atom. The molecule has 112 valence electrons. The fraction of sp³-hybridized carbons (Fsp3) is 0.615. The van der Waals surface area contributed by atoms with Crippen LogP contribution in [0.2, 0.25) is 0 Å². The second kappa shape index (κ2) is 6.58. The van der Waals surface area contributed by atoms with Crippen molar-refractivity contribution in [1.29, 1.82) is 0 Å². The summed E-state index contributed by atoms with van der Waals surface area (Å²) in [4.78, 5) is 13.2. The van der Waals surface area contributed by atoms with Gasteiger partial charge in [-0.2, -0.15) is 24.5 Å². The third-order valence-electron chi connectivity index (χ3n) is 3.20. The number of carbonyl (C=O) groups excluding carboxylic acids is 1. The molecule has 0 saturated carbocycles. The van der Waals surface area contributed by atoms with Crippen molar-refractivity contribution >= 4 is 17.3 Å². The molecule has 1 atom stereocenters.